The van der Waals surface area contributed by atoms with Gasteiger partial charge in [0.25, 0.3) is 10.1 Å². The summed E-state index contributed by atoms with van der Waals surface area (Å²) in [6, 6.07) is 6.77. The second-order valence-electron chi connectivity index (χ2n) is 2.83. The molecule has 0 unspecified atom stereocenters. The maximum atomic E-state index is 10.6. The molecule has 0 atom stereocenters. The summed E-state index contributed by atoms with van der Waals surface area (Å²) in [5.41, 5.74) is 0. The molecule has 0 aliphatic carbocycles. The van der Waals surface area contributed by atoms with E-state index in [1.165, 1.54) is 0 Å². The van der Waals surface area contributed by atoms with E-state index >= 15 is 0 Å². The zero-order valence-electron chi connectivity index (χ0n) is 8.14. The maximum Gasteiger partial charge on any atom is 0.264 e. The van der Waals surface area contributed by atoms with Gasteiger partial charge in [-0.2, -0.15) is 8.42 Å². The lowest BCUT2D eigenvalue weighted by Crippen LogP contribution is -2.11. The second-order valence-corrected chi connectivity index (χ2v) is 4.91. The monoisotopic (exact) mass is 250 g/mol. The highest BCUT2D eigenvalue weighted by atomic mass is 35.5. The molecule has 0 bridgehead atoms. The minimum atomic E-state index is -3.39. The van der Waals surface area contributed by atoms with Gasteiger partial charge in [0, 0.05) is 5.02 Å². The standard InChI is InChI=1S/C9H11ClO4S/c1-15(11,12)14-7-6-13-9-4-2-8(10)3-5-9/h2-5H,6-7H2,1H3. The van der Waals surface area contributed by atoms with Crippen LogP contribution in [-0.2, 0) is 14.3 Å². The van der Waals surface area contributed by atoms with Gasteiger partial charge in [0.05, 0.1) is 6.26 Å². The van der Waals surface area contributed by atoms with Crippen LogP contribution in [0.2, 0.25) is 5.02 Å². The molecule has 0 spiro atoms. The summed E-state index contributed by atoms with van der Waals surface area (Å²) in [7, 11) is -3.39. The summed E-state index contributed by atoms with van der Waals surface area (Å²) in [5.74, 6) is 0.622. The number of hydrogen-bond acceptors (Lipinski definition) is 4. The van der Waals surface area contributed by atoms with Crippen molar-refractivity contribution in [1.82, 2.24) is 0 Å². The molecule has 0 N–H and O–H groups in total. The predicted molar refractivity (Wildman–Crippen MR) is 57.7 cm³/mol. The Bertz CT molecular complexity index is 399. The summed E-state index contributed by atoms with van der Waals surface area (Å²) in [6.45, 7) is 0.177. The smallest absolute Gasteiger partial charge is 0.264 e. The normalized spacial score (nSPS) is 11.3. The Balaban J connectivity index is 2.29. The molecule has 1 rings (SSSR count). The third-order valence-electron chi connectivity index (χ3n) is 1.46. The number of halogens is 1. The fraction of sp³-hybridized carbons (Fsp3) is 0.333. The highest BCUT2D eigenvalue weighted by Gasteiger charge is 2.01. The van der Waals surface area contributed by atoms with Crippen molar-refractivity contribution in [2.75, 3.05) is 19.5 Å². The molecular weight excluding hydrogens is 240 g/mol. The van der Waals surface area contributed by atoms with Crippen LogP contribution < -0.4 is 4.74 Å². The lowest BCUT2D eigenvalue weighted by molar-refractivity contribution is 0.222. The Labute approximate surface area is 93.9 Å². The van der Waals surface area contributed by atoms with Crippen LogP contribution in [0.25, 0.3) is 0 Å². The Morgan fingerprint density at radius 1 is 1.20 bits per heavy atom. The summed E-state index contributed by atoms with van der Waals surface area (Å²) in [4.78, 5) is 0. The van der Waals surface area contributed by atoms with E-state index < -0.39 is 10.1 Å². The van der Waals surface area contributed by atoms with E-state index in [9.17, 15) is 8.42 Å². The molecule has 1 aromatic carbocycles. The molecule has 0 aliphatic heterocycles. The van der Waals surface area contributed by atoms with Crippen molar-refractivity contribution < 1.29 is 17.3 Å². The van der Waals surface area contributed by atoms with Crippen molar-refractivity contribution >= 4 is 21.7 Å². The molecule has 0 aliphatic rings. The highest BCUT2D eigenvalue weighted by Crippen LogP contribution is 2.15. The molecule has 0 saturated carbocycles. The van der Waals surface area contributed by atoms with Crippen LogP contribution in [0.1, 0.15) is 0 Å². The van der Waals surface area contributed by atoms with Crippen LogP contribution >= 0.6 is 11.6 Å². The lowest BCUT2D eigenvalue weighted by atomic mass is 10.3. The summed E-state index contributed by atoms with van der Waals surface area (Å²) >= 11 is 5.67. The predicted octanol–water partition coefficient (Wildman–Crippen LogP) is 1.70. The third kappa shape index (κ3) is 5.61. The number of benzene rings is 1. The SMILES string of the molecule is CS(=O)(=O)OCCOc1ccc(Cl)cc1. The second kappa shape index (κ2) is 5.34. The Hall–Kier alpha value is -0.780. The Kier molecular flexibility index (Phi) is 4.38. The van der Waals surface area contributed by atoms with Crippen molar-refractivity contribution in [1.29, 1.82) is 0 Å². The maximum absolute atomic E-state index is 10.6. The van der Waals surface area contributed by atoms with E-state index in [2.05, 4.69) is 4.18 Å². The van der Waals surface area contributed by atoms with Crippen molar-refractivity contribution in [3.8, 4) is 5.75 Å². The molecule has 0 fully saturated rings. The molecule has 0 saturated heterocycles. The molecule has 15 heavy (non-hydrogen) atoms. The van der Waals surface area contributed by atoms with Crippen LogP contribution in [0.15, 0.2) is 24.3 Å². The number of hydrogen-bond donors (Lipinski definition) is 0. The van der Waals surface area contributed by atoms with Gasteiger partial charge in [0.15, 0.2) is 0 Å². The number of rotatable bonds is 5. The van der Waals surface area contributed by atoms with Crippen molar-refractivity contribution in [2.45, 2.75) is 0 Å². The molecule has 0 heterocycles. The number of ether oxygens (including phenoxy) is 1. The first-order valence-corrected chi connectivity index (χ1v) is 6.39. The van der Waals surface area contributed by atoms with Gasteiger partial charge < -0.3 is 4.74 Å². The van der Waals surface area contributed by atoms with Crippen molar-refractivity contribution in [2.24, 2.45) is 0 Å². The molecule has 6 heteroatoms. The van der Waals surface area contributed by atoms with Gasteiger partial charge in [-0.3, -0.25) is 4.18 Å². The first kappa shape index (κ1) is 12.3. The van der Waals surface area contributed by atoms with Crippen LogP contribution in [0.5, 0.6) is 5.75 Å². The van der Waals surface area contributed by atoms with Crippen molar-refractivity contribution in [3.05, 3.63) is 29.3 Å². The lowest BCUT2D eigenvalue weighted by Gasteiger charge is -2.05. The average molecular weight is 251 g/mol. The van der Waals surface area contributed by atoms with E-state index in [4.69, 9.17) is 16.3 Å². The van der Waals surface area contributed by atoms with Crippen LogP contribution in [0.4, 0.5) is 0 Å². The van der Waals surface area contributed by atoms with E-state index in [1.807, 2.05) is 0 Å². The van der Waals surface area contributed by atoms with Gasteiger partial charge in [-0.05, 0) is 24.3 Å². The van der Waals surface area contributed by atoms with Gasteiger partial charge in [-0.15, -0.1) is 0 Å². The van der Waals surface area contributed by atoms with Gasteiger partial charge in [-0.1, -0.05) is 11.6 Å². The molecule has 0 amide bonds. The van der Waals surface area contributed by atoms with Crippen LogP contribution in [0, 0.1) is 0 Å². The molecular formula is C9H11ClO4S. The molecule has 84 valence electrons. The van der Waals surface area contributed by atoms with E-state index in [0.717, 1.165) is 6.26 Å². The average Bonchev–Trinajstić information content (AvgIpc) is 2.14. The first-order chi connectivity index (χ1) is 6.97. The van der Waals surface area contributed by atoms with Crippen LogP contribution in [-0.4, -0.2) is 27.9 Å². The van der Waals surface area contributed by atoms with Crippen molar-refractivity contribution in [3.63, 3.8) is 0 Å². The largest absolute Gasteiger partial charge is 0.491 e. The van der Waals surface area contributed by atoms with E-state index in [-0.39, 0.29) is 13.2 Å². The Morgan fingerprint density at radius 3 is 2.33 bits per heavy atom. The fourth-order valence-corrected chi connectivity index (χ4v) is 1.37. The molecule has 4 nitrogen and oxygen atoms in total. The minimum absolute atomic E-state index is 0.00145. The quantitative estimate of drug-likeness (QED) is 0.590. The van der Waals surface area contributed by atoms with Gasteiger partial charge >= 0.3 is 0 Å². The van der Waals surface area contributed by atoms with Gasteiger partial charge in [0.1, 0.15) is 19.0 Å². The summed E-state index contributed by atoms with van der Waals surface area (Å²) in [5, 5.41) is 0.620. The van der Waals surface area contributed by atoms with Gasteiger partial charge in [-0.25, -0.2) is 0 Å². The topological polar surface area (TPSA) is 52.6 Å². The highest BCUT2D eigenvalue weighted by molar-refractivity contribution is 7.85. The van der Waals surface area contributed by atoms with E-state index in [0.29, 0.717) is 10.8 Å². The fourth-order valence-electron chi connectivity index (χ4n) is 0.876. The molecule has 0 aromatic heterocycles. The summed E-state index contributed by atoms with van der Waals surface area (Å²) < 4.78 is 30.9. The zero-order chi connectivity index (χ0) is 11.3. The molecule has 1 aromatic rings. The third-order valence-corrected chi connectivity index (χ3v) is 2.31. The van der Waals surface area contributed by atoms with Gasteiger partial charge in [0.2, 0.25) is 0 Å². The summed E-state index contributed by atoms with van der Waals surface area (Å²) in [6.07, 6.45) is 0.995. The first-order valence-electron chi connectivity index (χ1n) is 4.20. The molecule has 0 radical (unpaired) electrons. The van der Waals surface area contributed by atoms with Crippen LogP contribution in [0.3, 0.4) is 0 Å². The minimum Gasteiger partial charge on any atom is -0.491 e. The van der Waals surface area contributed by atoms with E-state index in [1.54, 1.807) is 24.3 Å². The Morgan fingerprint density at radius 2 is 1.80 bits per heavy atom. The zero-order valence-corrected chi connectivity index (χ0v) is 9.72.